The molecule has 2 aromatic carbocycles. The van der Waals surface area contributed by atoms with Gasteiger partial charge in [-0.2, -0.15) is 0 Å². The third-order valence-corrected chi connectivity index (χ3v) is 5.22. The fraction of sp³-hybridized carbons (Fsp3) is 0.409. The van der Waals surface area contributed by atoms with Gasteiger partial charge in [0.1, 0.15) is 0 Å². The highest BCUT2D eigenvalue weighted by Gasteiger charge is 2.16. The minimum Gasteiger partial charge on any atom is -0.504 e. The first kappa shape index (κ1) is 19.1. The van der Waals surface area contributed by atoms with Crippen LogP contribution in [0.3, 0.4) is 0 Å². The molecular formula is C22H28N2O3. The predicted octanol–water partition coefficient (Wildman–Crippen LogP) is 4.18. The van der Waals surface area contributed by atoms with Crippen molar-refractivity contribution >= 4 is 6.03 Å². The van der Waals surface area contributed by atoms with Crippen LogP contribution in [0.5, 0.6) is 11.5 Å². The first-order chi connectivity index (χ1) is 13.0. The highest BCUT2D eigenvalue weighted by atomic mass is 16.5. The van der Waals surface area contributed by atoms with Crippen LogP contribution in [0.25, 0.3) is 0 Å². The van der Waals surface area contributed by atoms with Crippen molar-refractivity contribution in [3.8, 4) is 11.5 Å². The second-order valence-electron chi connectivity index (χ2n) is 7.27. The van der Waals surface area contributed by atoms with Crippen LogP contribution in [0.15, 0.2) is 36.4 Å². The van der Waals surface area contributed by atoms with E-state index in [1.807, 2.05) is 13.0 Å². The molecule has 0 fully saturated rings. The van der Waals surface area contributed by atoms with E-state index in [-0.39, 0.29) is 17.8 Å². The van der Waals surface area contributed by atoms with E-state index in [2.05, 4.69) is 23.5 Å². The number of phenols is 1. The largest absolute Gasteiger partial charge is 0.504 e. The lowest BCUT2D eigenvalue weighted by Crippen LogP contribution is -2.38. The second kappa shape index (κ2) is 8.33. The Bertz CT molecular complexity index is 819. The molecule has 144 valence electrons. The summed E-state index contributed by atoms with van der Waals surface area (Å²) < 4.78 is 5.05. The van der Waals surface area contributed by atoms with E-state index >= 15 is 0 Å². The molecule has 2 N–H and O–H groups in total. The van der Waals surface area contributed by atoms with Crippen molar-refractivity contribution in [3.63, 3.8) is 0 Å². The summed E-state index contributed by atoms with van der Waals surface area (Å²) in [5.41, 5.74) is 4.84. The fourth-order valence-corrected chi connectivity index (χ4v) is 3.58. The number of urea groups is 1. The Morgan fingerprint density at radius 2 is 1.93 bits per heavy atom. The van der Waals surface area contributed by atoms with Crippen molar-refractivity contribution in [2.24, 2.45) is 0 Å². The van der Waals surface area contributed by atoms with Crippen LogP contribution in [0.2, 0.25) is 0 Å². The molecule has 0 spiro atoms. The monoisotopic (exact) mass is 368 g/mol. The van der Waals surface area contributed by atoms with Gasteiger partial charge < -0.3 is 20.1 Å². The fourth-order valence-electron chi connectivity index (χ4n) is 3.58. The maximum absolute atomic E-state index is 12.6. The van der Waals surface area contributed by atoms with E-state index in [4.69, 9.17) is 4.74 Å². The molecule has 1 atom stereocenters. The van der Waals surface area contributed by atoms with Gasteiger partial charge in [0.15, 0.2) is 11.5 Å². The van der Waals surface area contributed by atoms with Crippen molar-refractivity contribution in [1.29, 1.82) is 0 Å². The van der Waals surface area contributed by atoms with E-state index in [9.17, 15) is 9.90 Å². The average molecular weight is 368 g/mol. The Labute approximate surface area is 161 Å². The summed E-state index contributed by atoms with van der Waals surface area (Å²) in [6.07, 6.45) is 4.80. The standard InChI is InChI=1S/C22H28N2O3/c1-15(18-10-9-17-6-4-5-7-19(17)13-18)23-22(26)24(2)14-16-8-11-21(27-3)20(25)12-16/h8-13,15,25H,4-7,14H2,1-3H3,(H,23,26). The molecule has 5 nitrogen and oxygen atoms in total. The van der Waals surface area contributed by atoms with Gasteiger partial charge in [0, 0.05) is 13.6 Å². The zero-order chi connectivity index (χ0) is 19.4. The molecule has 1 aliphatic carbocycles. The Balaban J connectivity index is 1.61. The molecule has 0 aromatic heterocycles. The number of nitrogens with one attached hydrogen (secondary N) is 1. The number of carbonyl (C=O) groups is 1. The number of hydrogen-bond donors (Lipinski definition) is 2. The van der Waals surface area contributed by atoms with Crippen LogP contribution in [-0.2, 0) is 19.4 Å². The molecule has 0 saturated carbocycles. The van der Waals surface area contributed by atoms with Gasteiger partial charge in [0.05, 0.1) is 13.2 Å². The lowest BCUT2D eigenvalue weighted by atomic mass is 9.89. The maximum Gasteiger partial charge on any atom is 0.317 e. The van der Waals surface area contributed by atoms with Crippen LogP contribution in [0.1, 0.15) is 48.1 Å². The molecule has 0 radical (unpaired) electrons. The predicted molar refractivity (Wildman–Crippen MR) is 106 cm³/mol. The lowest BCUT2D eigenvalue weighted by Gasteiger charge is -2.23. The quantitative estimate of drug-likeness (QED) is 0.832. The third-order valence-electron chi connectivity index (χ3n) is 5.22. The number of aromatic hydroxyl groups is 1. The summed E-state index contributed by atoms with van der Waals surface area (Å²) in [6, 6.07) is 11.5. The maximum atomic E-state index is 12.6. The van der Waals surface area contributed by atoms with E-state index < -0.39 is 0 Å². The molecule has 1 unspecified atom stereocenters. The van der Waals surface area contributed by atoms with E-state index in [1.54, 1.807) is 24.1 Å². The van der Waals surface area contributed by atoms with Crippen LogP contribution < -0.4 is 10.1 Å². The minimum atomic E-state index is -0.143. The number of phenolic OH excluding ortho intramolecular Hbond substituents is 1. The third kappa shape index (κ3) is 4.54. The molecule has 1 aliphatic rings. The van der Waals surface area contributed by atoms with Gasteiger partial charge in [-0.25, -0.2) is 4.79 Å². The summed E-state index contributed by atoms with van der Waals surface area (Å²) in [5, 5.41) is 12.9. The Kier molecular flexibility index (Phi) is 5.89. The molecule has 0 saturated heterocycles. The number of rotatable bonds is 5. The summed E-state index contributed by atoms with van der Waals surface area (Å²) in [5.74, 6) is 0.498. The van der Waals surface area contributed by atoms with Crippen molar-refractivity contribution in [2.45, 2.75) is 45.2 Å². The van der Waals surface area contributed by atoms with E-state index in [0.29, 0.717) is 12.3 Å². The number of hydrogen-bond acceptors (Lipinski definition) is 3. The molecule has 5 heteroatoms. The number of amides is 2. The number of carbonyl (C=O) groups excluding carboxylic acids is 1. The highest BCUT2D eigenvalue weighted by Crippen LogP contribution is 2.27. The molecule has 0 heterocycles. The average Bonchev–Trinajstić information content (AvgIpc) is 2.67. The summed E-state index contributed by atoms with van der Waals surface area (Å²) in [6.45, 7) is 2.41. The zero-order valence-electron chi connectivity index (χ0n) is 16.3. The Hall–Kier alpha value is -2.69. The number of benzene rings is 2. The summed E-state index contributed by atoms with van der Waals surface area (Å²) in [4.78, 5) is 14.2. The topological polar surface area (TPSA) is 61.8 Å². The number of ether oxygens (including phenoxy) is 1. The summed E-state index contributed by atoms with van der Waals surface area (Å²) >= 11 is 0. The van der Waals surface area contributed by atoms with Crippen molar-refractivity contribution in [3.05, 3.63) is 58.7 Å². The van der Waals surface area contributed by atoms with Crippen LogP contribution in [0, 0.1) is 0 Å². The highest BCUT2D eigenvalue weighted by molar-refractivity contribution is 5.74. The van der Waals surface area contributed by atoms with Gasteiger partial charge in [-0.1, -0.05) is 24.3 Å². The number of methoxy groups -OCH3 is 1. The minimum absolute atomic E-state index is 0.0588. The van der Waals surface area contributed by atoms with Gasteiger partial charge in [0.25, 0.3) is 0 Å². The SMILES string of the molecule is COc1ccc(CN(C)C(=O)NC(C)c2ccc3c(c2)CCCC3)cc1O. The Morgan fingerprint density at radius 3 is 2.63 bits per heavy atom. The zero-order valence-corrected chi connectivity index (χ0v) is 16.3. The number of fused-ring (bicyclic) bond motifs is 1. The molecular weight excluding hydrogens is 340 g/mol. The number of nitrogens with zero attached hydrogens (tertiary/aromatic N) is 1. The van der Waals surface area contributed by atoms with Crippen LogP contribution in [0.4, 0.5) is 4.79 Å². The molecule has 2 aromatic rings. The van der Waals surface area contributed by atoms with Gasteiger partial charge in [-0.3, -0.25) is 0 Å². The first-order valence-electron chi connectivity index (χ1n) is 9.47. The smallest absolute Gasteiger partial charge is 0.317 e. The van der Waals surface area contributed by atoms with Crippen molar-refractivity contribution in [1.82, 2.24) is 10.2 Å². The molecule has 0 bridgehead atoms. The van der Waals surface area contributed by atoms with Crippen molar-refractivity contribution in [2.75, 3.05) is 14.2 Å². The second-order valence-corrected chi connectivity index (χ2v) is 7.27. The lowest BCUT2D eigenvalue weighted by molar-refractivity contribution is 0.203. The Morgan fingerprint density at radius 1 is 1.19 bits per heavy atom. The molecule has 2 amide bonds. The van der Waals surface area contributed by atoms with Gasteiger partial charge in [-0.05, 0) is 67.0 Å². The number of aryl methyl sites for hydroxylation is 2. The normalized spacial score (nSPS) is 14.2. The van der Waals surface area contributed by atoms with Gasteiger partial charge in [-0.15, -0.1) is 0 Å². The summed E-state index contributed by atoms with van der Waals surface area (Å²) in [7, 11) is 3.26. The van der Waals surface area contributed by atoms with E-state index in [0.717, 1.165) is 24.0 Å². The van der Waals surface area contributed by atoms with Crippen LogP contribution in [-0.4, -0.2) is 30.2 Å². The molecule has 0 aliphatic heterocycles. The van der Waals surface area contributed by atoms with E-state index in [1.165, 1.54) is 31.1 Å². The first-order valence-corrected chi connectivity index (χ1v) is 9.47. The molecule has 27 heavy (non-hydrogen) atoms. The van der Waals surface area contributed by atoms with Gasteiger partial charge in [0.2, 0.25) is 0 Å². The van der Waals surface area contributed by atoms with Gasteiger partial charge >= 0.3 is 6.03 Å². The van der Waals surface area contributed by atoms with Crippen LogP contribution >= 0.6 is 0 Å². The molecule has 3 rings (SSSR count). The van der Waals surface area contributed by atoms with Crippen molar-refractivity contribution < 1.29 is 14.6 Å².